The standard InChI is InChI=1S/C23H29N3OS/c1-16-7-8-20(15-17(16)2)18(3)24-23(28)25-21-11-9-19(10-12-21)22(27)26-13-5-4-6-14-26/h7-12,15,18H,4-6,13-14H2,1-3H3,(H2,24,25,28)/t18-/m0/s1. The summed E-state index contributed by atoms with van der Waals surface area (Å²) < 4.78 is 0. The Kier molecular flexibility index (Phi) is 6.68. The zero-order valence-corrected chi connectivity index (χ0v) is 17.7. The molecular weight excluding hydrogens is 366 g/mol. The molecule has 4 nitrogen and oxygen atoms in total. The lowest BCUT2D eigenvalue weighted by molar-refractivity contribution is 0.0724. The van der Waals surface area contributed by atoms with Gasteiger partial charge in [0.25, 0.3) is 5.91 Å². The Morgan fingerprint density at radius 3 is 2.32 bits per heavy atom. The molecule has 0 saturated carbocycles. The first kappa shape index (κ1) is 20.3. The van der Waals surface area contributed by atoms with E-state index in [0.29, 0.717) is 5.11 Å². The number of rotatable bonds is 4. The molecule has 0 radical (unpaired) electrons. The molecule has 1 aliphatic heterocycles. The summed E-state index contributed by atoms with van der Waals surface area (Å²) in [6.45, 7) is 8.06. The highest BCUT2D eigenvalue weighted by atomic mass is 32.1. The van der Waals surface area contributed by atoms with E-state index in [-0.39, 0.29) is 11.9 Å². The van der Waals surface area contributed by atoms with Crippen LogP contribution in [0.3, 0.4) is 0 Å². The van der Waals surface area contributed by atoms with Crippen LogP contribution in [-0.2, 0) is 0 Å². The number of hydrogen-bond donors (Lipinski definition) is 2. The third-order valence-electron chi connectivity index (χ3n) is 5.41. The van der Waals surface area contributed by atoms with E-state index in [2.05, 4.69) is 49.6 Å². The van der Waals surface area contributed by atoms with E-state index in [9.17, 15) is 4.79 Å². The summed E-state index contributed by atoms with van der Waals surface area (Å²) >= 11 is 5.46. The van der Waals surface area contributed by atoms with Crippen LogP contribution in [0.5, 0.6) is 0 Å². The van der Waals surface area contributed by atoms with Gasteiger partial charge in [-0.05, 0) is 93.2 Å². The maximum atomic E-state index is 12.6. The predicted octanol–water partition coefficient (Wildman–Crippen LogP) is 4.98. The second kappa shape index (κ2) is 9.20. The zero-order chi connectivity index (χ0) is 20.1. The lowest BCUT2D eigenvalue weighted by atomic mass is 10.0. The number of thiocarbonyl (C=S) groups is 1. The second-order valence-electron chi connectivity index (χ2n) is 7.59. The van der Waals surface area contributed by atoms with E-state index in [0.717, 1.165) is 37.2 Å². The fourth-order valence-electron chi connectivity index (χ4n) is 3.46. The molecule has 1 fully saturated rings. The molecule has 1 saturated heterocycles. The summed E-state index contributed by atoms with van der Waals surface area (Å²) in [5.74, 6) is 0.121. The minimum absolute atomic E-state index is 0.110. The fraction of sp³-hybridized carbons (Fsp3) is 0.391. The smallest absolute Gasteiger partial charge is 0.253 e. The van der Waals surface area contributed by atoms with E-state index in [1.165, 1.54) is 23.1 Å². The van der Waals surface area contributed by atoms with Crippen LogP contribution in [0.4, 0.5) is 5.69 Å². The highest BCUT2D eigenvalue weighted by Crippen LogP contribution is 2.18. The first-order valence-corrected chi connectivity index (χ1v) is 10.4. The molecule has 1 atom stereocenters. The maximum Gasteiger partial charge on any atom is 0.253 e. The number of piperidine rings is 1. The Balaban J connectivity index is 1.56. The SMILES string of the molecule is Cc1ccc([C@H](C)NC(=S)Nc2ccc(C(=O)N3CCCCC3)cc2)cc1C. The number of nitrogens with zero attached hydrogens (tertiary/aromatic N) is 1. The number of nitrogens with one attached hydrogen (secondary N) is 2. The highest BCUT2D eigenvalue weighted by Gasteiger charge is 2.18. The zero-order valence-electron chi connectivity index (χ0n) is 16.9. The average molecular weight is 396 g/mol. The molecule has 0 spiro atoms. The molecule has 148 valence electrons. The molecule has 1 amide bonds. The second-order valence-corrected chi connectivity index (χ2v) is 8.00. The number of amides is 1. The lowest BCUT2D eigenvalue weighted by Crippen LogP contribution is -2.35. The third-order valence-corrected chi connectivity index (χ3v) is 5.63. The van der Waals surface area contributed by atoms with Gasteiger partial charge >= 0.3 is 0 Å². The van der Waals surface area contributed by atoms with Gasteiger partial charge in [0.15, 0.2) is 5.11 Å². The Hall–Kier alpha value is -2.40. The minimum Gasteiger partial charge on any atom is -0.356 e. The number of anilines is 1. The summed E-state index contributed by atoms with van der Waals surface area (Å²) in [6, 6.07) is 14.1. The number of carbonyl (C=O) groups excluding carboxylic acids is 1. The van der Waals surface area contributed by atoms with Crippen molar-refractivity contribution < 1.29 is 4.79 Å². The van der Waals surface area contributed by atoms with Crippen LogP contribution >= 0.6 is 12.2 Å². The number of hydrogen-bond acceptors (Lipinski definition) is 2. The maximum absolute atomic E-state index is 12.6. The van der Waals surface area contributed by atoms with Crippen LogP contribution in [0.15, 0.2) is 42.5 Å². The Bertz CT molecular complexity index is 841. The normalized spacial score (nSPS) is 15.0. The van der Waals surface area contributed by atoms with Crippen molar-refractivity contribution in [3.63, 3.8) is 0 Å². The molecule has 0 aliphatic carbocycles. The van der Waals surface area contributed by atoms with Gasteiger partial charge in [-0.15, -0.1) is 0 Å². The molecule has 0 unspecified atom stereocenters. The van der Waals surface area contributed by atoms with Crippen molar-refractivity contribution in [2.75, 3.05) is 18.4 Å². The van der Waals surface area contributed by atoms with E-state index < -0.39 is 0 Å². The van der Waals surface area contributed by atoms with Crippen molar-refractivity contribution in [3.05, 3.63) is 64.7 Å². The van der Waals surface area contributed by atoms with Crippen LogP contribution < -0.4 is 10.6 Å². The third kappa shape index (κ3) is 5.10. The first-order chi connectivity index (χ1) is 13.4. The molecule has 0 bridgehead atoms. The monoisotopic (exact) mass is 395 g/mol. The van der Waals surface area contributed by atoms with Gasteiger partial charge < -0.3 is 15.5 Å². The molecule has 1 heterocycles. The molecule has 3 rings (SSSR count). The highest BCUT2D eigenvalue weighted by molar-refractivity contribution is 7.80. The first-order valence-electron chi connectivity index (χ1n) is 9.98. The summed E-state index contributed by atoms with van der Waals surface area (Å²) in [7, 11) is 0. The Labute approximate surface area is 173 Å². The van der Waals surface area contributed by atoms with Gasteiger partial charge in [-0.1, -0.05) is 18.2 Å². The average Bonchev–Trinajstić information content (AvgIpc) is 2.70. The fourth-order valence-corrected chi connectivity index (χ4v) is 3.75. The largest absolute Gasteiger partial charge is 0.356 e. The van der Waals surface area contributed by atoms with Crippen molar-refractivity contribution in [2.45, 2.75) is 46.1 Å². The molecule has 28 heavy (non-hydrogen) atoms. The van der Waals surface area contributed by atoms with Gasteiger partial charge in [-0.3, -0.25) is 4.79 Å². The van der Waals surface area contributed by atoms with Crippen molar-refractivity contribution in [3.8, 4) is 0 Å². The summed E-state index contributed by atoms with van der Waals surface area (Å²) in [6.07, 6.45) is 3.42. The van der Waals surface area contributed by atoms with Crippen LogP contribution in [0.25, 0.3) is 0 Å². The van der Waals surface area contributed by atoms with Crippen LogP contribution in [-0.4, -0.2) is 29.0 Å². The minimum atomic E-state index is 0.110. The summed E-state index contributed by atoms with van der Waals surface area (Å²) in [5.41, 5.74) is 5.37. The predicted molar refractivity (Wildman–Crippen MR) is 120 cm³/mol. The van der Waals surface area contributed by atoms with Gasteiger partial charge in [0.2, 0.25) is 0 Å². The molecule has 2 N–H and O–H groups in total. The molecular formula is C23H29N3OS. The number of benzene rings is 2. The topological polar surface area (TPSA) is 44.4 Å². The Morgan fingerprint density at radius 2 is 1.68 bits per heavy atom. The molecule has 2 aromatic carbocycles. The van der Waals surface area contributed by atoms with Crippen molar-refractivity contribution in [2.24, 2.45) is 0 Å². The van der Waals surface area contributed by atoms with Crippen molar-refractivity contribution in [1.82, 2.24) is 10.2 Å². The van der Waals surface area contributed by atoms with E-state index >= 15 is 0 Å². The van der Waals surface area contributed by atoms with Crippen LogP contribution in [0.2, 0.25) is 0 Å². The Morgan fingerprint density at radius 1 is 1.00 bits per heavy atom. The summed E-state index contributed by atoms with van der Waals surface area (Å²) in [5, 5.41) is 7.11. The van der Waals surface area contributed by atoms with Gasteiger partial charge in [-0.25, -0.2) is 0 Å². The molecule has 1 aliphatic rings. The van der Waals surface area contributed by atoms with Gasteiger partial charge in [0.1, 0.15) is 0 Å². The number of likely N-dealkylation sites (tertiary alicyclic amines) is 1. The van der Waals surface area contributed by atoms with Gasteiger partial charge in [0, 0.05) is 24.3 Å². The van der Waals surface area contributed by atoms with Crippen molar-refractivity contribution in [1.29, 1.82) is 0 Å². The quantitative estimate of drug-likeness (QED) is 0.717. The number of aryl methyl sites for hydroxylation is 2. The van der Waals surface area contributed by atoms with Gasteiger partial charge in [-0.2, -0.15) is 0 Å². The number of carbonyl (C=O) groups is 1. The summed E-state index contributed by atoms with van der Waals surface area (Å²) in [4.78, 5) is 14.5. The lowest BCUT2D eigenvalue weighted by Gasteiger charge is -2.26. The van der Waals surface area contributed by atoms with E-state index in [1.54, 1.807) is 0 Å². The molecule has 0 aromatic heterocycles. The van der Waals surface area contributed by atoms with E-state index in [4.69, 9.17) is 12.2 Å². The van der Waals surface area contributed by atoms with E-state index in [1.807, 2.05) is 29.2 Å². The van der Waals surface area contributed by atoms with Gasteiger partial charge in [0.05, 0.1) is 6.04 Å². The van der Waals surface area contributed by atoms with Crippen molar-refractivity contribution >= 4 is 28.9 Å². The van der Waals surface area contributed by atoms with Crippen LogP contribution in [0, 0.1) is 13.8 Å². The molecule has 2 aromatic rings. The molecule has 5 heteroatoms. The van der Waals surface area contributed by atoms with Crippen LogP contribution in [0.1, 0.15) is 59.3 Å².